The average molecular weight is 257 g/mol. The van der Waals surface area contributed by atoms with Crippen molar-refractivity contribution in [3.05, 3.63) is 29.0 Å². The fourth-order valence-electron chi connectivity index (χ4n) is 2.92. The smallest absolute Gasteiger partial charge is 0.272 e. The van der Waals surface area contributed by atoms with Crippen molar-refractivity contribution in [1.82, 2.24) is 10.4 Å². The van der Waals surface area contributed by atoms with Crippen LogP contribution in [0.15, 0.2) is 17.2 Å². The molecule has 2 aromatic rings. The number of hydrogen-bond donors (Lipinski definition) is 2. The van der Waals surface area contributed by atoms with Gasteiger partial charge in [-0.2, -0.15) is 5.10 Å². The van der Waals surface area contributed by atoms with Crippen molar-refractivity contribution in [2.75, 3.05) is 0 Å². The summed E-state index contributed by atoms with van der Waals surface area (Å²) in [4.78, 5) is 15.5. The second kappa shape index (κ2) is 3.42. The van der Waals surface area contributed by atoms with Crippen LogP contribution >= 0.6 is 9.24 Å². The summed E-state index contributed by atoms with van der Waals surface area (Å²) in [7, 11) is 2.73. The summed E-state index contributed by atoms with van der Waals surface area (Å²) in [6.45, 7) is 0. The Labute approximate surface area is 106 Å². The van der Waals surface area contributed by atoms with Crippen molar-refractivity contribution in [1.29, 1.82) is 0 Å². The number of hydrazone groups is 1. The van der Waals surface area contributed by atoms with E-state index in [1.54, 1.807) is 0 Å². The van der Waals surface area contributed by atoms with Gasteiger partial charge in [-0.15, -0.1) is 9.24 Å². The fourth-order valence-corrected chi connectivity index (χ4v) is 3.23. The van der Waals surface area contributed by atoms with Gasteiger partial charge in [0, 0.05) is 16.6 Å². The number of rotatable bonds is 0. The lowest BCUT2D eigenvalue weighted by Gasteiger charge is -2.12. The number of aryl methyl sites for hydroxylation is 1. The molecule has 1 aromatic carbocycles. The van der Waals surface area contributed by atoms with Crippen LogP contribution in [0.4, 0.5) is 0 Å². The maximum atomic E-state index is 12.1. The summed E-state index contributed by atoms with van der Waals surface area (Å²) >= 11 is 0. The highest BCUT2D eigenvalue weighted by atomic mass is 31.0. The van der Waals surface area contributed by atoms with E-state index in [0.29, 0.717) is 5.56 Å². The maximum Gasteiger partial charge on any atom is 0.272 e. The zero-order chi connectivity index (χ0) is 12.3. The van der Waals surface area contributed by atoms with E-state index in [0.717, 1.165) is 46.7 Å². The minimum absolute atomic E-state index is 0.117. The Bertz CT molecular complexity index is 729. The lowest BCUT2D eigenvalue weighted by molar-refractivity contribution is 0.0957. The summed E-state index contributed by atoms with van der Waals surface area (Å²) in [6.07, 6.45) is 3.04. The molecule has 0 bridgehead atoms. The number of aromatic amines is 1. The fraction of sp³-hybridized carbons (Fsp3) is 0.231. The molecule has 1 aromatic heterocycles. The Balaban J connectivity index is 2.24. The van der Waals surface area contributed by atoms with Gasteiger partial charge < -0.3 is 4.98 Å². The number of aromatic nitrogens is 1. The van der Waals surface area contributed by atoms with Crippen LogP contribution in [-0.2, 0) is 6.42 Å². The normalized spacial score (nSPS) is 17.4. The SMILES string of the molecule is O=C1NN=C2CCCc3[nH]c4c(P)ccc1c4c32. The Morgan fingerprint density at radius 3 is 3.06 bits per heavy atom. The van der Waals surface area contributed by atoms with E-state index < -0.39 is 0 Å². The van der Waals surface area contributed by atoms with Crippen molar-refractivity contribution < 1.29 is 4.79 Å². The molecule has 0 fully saturated rings. The lowest BCUT2D eigenvalue weighted by Crippen LogP contribution is -2.19. The number of carbonyl (C=O) groups excluding carboxylic acids is 1. The summed E-state index contributed by atoms with van der Waals surface area (Å²) in [5, 5.41) is 6.39. The highest BCUT2D eigenvalue weighted by Gasteiger charge is 2.27. The predicted octanol–water partition coefficient (Wildman–Crippen LogP) is 1.45. The number of nitrogens with zero attached hydrogens (tertiary/aromatic N) is 1. The third-order valence-electron chi connectivity index (χ3n) is 3.73. The van der Waals surface area contributed by atoms with E-state index in [1.807, 2.05) is 12.1 Å². The van der Waals surface area contributed by atoms with Crippen LogP contribution in [0.5, 0.6) is 0 Å². The molecule has 1 aliphatic carbocycles. The highest BCUT2D eigenvalue weighted by Crippen LogP contribution is 2.32. The molecule has 2 N–H and O–H groups in total. The molecule has 2 aliphatic rings. The van der Waals surface area contributed by atoms with E-state index in [4.69, 9.17) is 0 Å². The average Bonchev–Trinajstić information content (AvgIpc) is 2.70. The van der Waals surface area contributed by atoms with Gasteiger partial charge in [-0.05, 0) is 30.6 Å². The topological polar surface area (TPSA) is 57.2 Å². The molecule has 4 nitrogen and oxygen atoms in total. The summed E-state index contributed by atoms with van der Waals surface area (Å²) in [5.74, 6) is -0.117. The predicted molar refractivity (Wildman–Crippen MR) is 74.6 cm³/mol. The van der Waals surface area contributed by atoms with Gasteiger partial charge in [0.1, 0.15) is 0 Å². The van der Waals surface area contributed by atoms with E-state index in [1.165, 1.54) is 5.69 Å². The largest absolute Gasteiger partial charge is 0.357 e. The number of amides is 1. The number of nitrogens with one attached hydrogen (secondary N) is 2. The zero-order valence-corrected chi connectivity index (χ0v) is 10.9. The molecule has 1 unspecified atom stereocenters. The first kappa shape index (κ1) is 10.3. The Kier molecular flexibility index (Phi) is 1.95. The molecule has 5 heteroatoms. The number of H-pyrrole nitrogens is 1. The van der Waals surface area contributed by atoms with Crippen molar-refractivity contribution in [2.45, 2.75) is 19.3 Å². The van der Waals surface area contributed by atoms with E-state index in [-0.39, 0.29) is 5.91 Å². The summed E-state index contributed by atoms with van der Waals surface area (Å²) < 4.78 is 0. The van der Waals surface area contributed by atoms with Crippen molar-refractivity contribution in [3.8, 4) is 0 Å². The monoisotopic (exact) mass is 257 g/mol. The van der Waals surface area contributed by atoms with Gasteiger partial charge in [-0.1, -0.05) is 6.07 Å². The molecule has 4 rings (SSSR count). The van der Waals surface area contributed by atoms with Crippen LogP contribution in [0.2, 0.25) is 0 Å². The first-order valence-corrected chi connectivity index (χ1v) is 6.64. The van der Waals surface area contributed by atoms with E-state index in [2.05, 4.69) is 24.8 Å². The molecule has 90 valence electrons. The molecule has 1 aliphatic heterocycles. The van der Waals surface area contributed by atoms with Gasteiger partial charge in [-0.3, -0.25) is 4.79 Å². The summed E-state index contributed by atoms with van der Waals surface area (Å²) in [5.41, 5.74) is 7.78. The maximum absolute atomic E-state index is 12.1. The first-order valence-electron chi connectivity index (χ1n) is 6.06. The highest BCUT2D eigenvalue weighted by molar-refractivity contribution is 7.28. The summed E-state index contributed by atoms with van der Waals surface area (Å²) in [6, 6.07) is 3.83. The van der Waals surface area contributed by atoms with Crippen LogP contribution in [0, 0.1) is 0 Å². The molecule has 0 radical (unpaired) electrons. The minimum Gasteiger partial charge on any atom is -0.357 e. The van der Waals surface area contributed by atoms with Crippen LogP contribution in [0.3, 0.4) is 0 Å². The standard InChI is InChI=1S/C13H12N3OP/c17-13-6-4-5-9(18)12-10(6)11-7(14-12)2-1-3-8(11)15-16-13/h4-5,14H,1-3,18H2,(H,16,17). The molecule has 1 atom stereocenters. The van der Waals surface area contributed by atoms with Crippen molar-refractivity contribution >= 4 is 37.1 Å². The molecule has 1 amide bonds. The molecule has 0 spiro atoms. The molecular weight excluding hydrogens is 245 g/mol. The number of hydrogen-bond acceptors (Lipinski definition) is 2. The van der Waals surface area contributed by atoms with Gasteiger partial charge in [0.2, 0.25) is 0 Å². The van der Waals surface area contributed by atoms with Crippen LogP contribution < -0.4 is 10.7 Å². The quantitative estimate of drug-likeness (QED) is 0.689. The van der Waals surface area contributed by atoms with Gasteiger partial charge in [0.15, 0.2) is 0 Å². The van der Waals surface area contributed by atoms with Crippen molar-refractivity contribution in [2.24, 2.45) is 5.10 Å². The van der Waals surface area contributed by atoms with Crippen LogP contribution in [-0.4, -0.2) is 16.6 Å². The van der Waals surface area contributed by atoms with Crippen molar-refractivity contribution in [3.63, 3.8) is 0 Å². The number of carbonyl (C=O) groups is 1. The Hall–Kier alpha value is -1.67. The Morgan fingerprint density at radius 2 is 2.17 bits per heavy atom. The molecular formula is C13H12N3OP. The molecule has 0 saturated carbocycles. The van der Waals surface area contributed by atoms with Gasteiger partial charge in [-0.25, -0.2) is 5.43 Å². The third kappa shape index (κ3) is 1.19. The Morgan fingerprint density at radius 1 is 1.28 bits per heavy atom. The van der Waals surface area contributed by atoms with Gasteiger partial charge in [0.05, 0.1) is 16.8 Å². The van der Waals surface area contributed by atoms with Crippen LogP contribution in [0.25, 0.3) is 10.9 Å². The first-order chi connectivity index (χ1) is 8.75. The van der Waals surface area contributed by atoms with Gasteiger partial charge >= 0.3 is 0 Å². The van der Waals surface area contributed by atoms with Crippen LogP contribution in [0.1, 0.15) is 34.5 Å². The van der Waals surface area contributed by atoms with Gasteiger partial charge in [0.25, 0.3) is 5.91 Å². The molecule has 0 saturated heterocycles. The molecule has 18 heavy (non-hydrogen) atoms. The second-order valence-corrected chi connectivity index (χ2v) is 5.41. The minimum atomic E-state index is -0.117. The zero-order valence-electron chi connectivity index (χ0n) is 9.71. The van der Waals surface area contributed by atoms with E-state index >= 15 is 0 Å². The number of benzene rings is 1. The molecule has 2 heterocycles. The second-order valence-electron chi connectivity index (χ2n) is 4.78. The third-order valence-corrected chi connectivity index (χ3v) is 4.21. The lowest BCUT2D eigenvalue weighted by atomic mass is 9.92. The van der Waals surface area contributed by atoms with E-state index in [9.17, 15) is 4.79 Å².